The second kappa shape index (κ2) is 12.9. The third-order valence-corrected chi connectivity index (χ3v) is 6.65. The number of methoxy groups -OCH3 is 1. The molecule has 0 aliphatic heterocycles. The number of aliphatic imine (C=N–C) groups is 2. The molecule has 0 aliphatic carbocycles. The monoisotopic (exact) mass is 590 g/mol. The number of phenolic OH excluding ortho intramolecular Hbond substituents is 1. The zero-order valence-corrected chi connectivity index (χ0v) is 23.5. The summed E-state index contributed by atoms with van der Waals surface area (Å²) in [5, 5.41) is 10.7. The van der Waals surface area contributed by atoms with E-state index in [9.17, 15) is 5.11 Å². The number of phenols is 1. The van der Waals surface area contributed by atoms with Gasteiger partial charge < -0.3 is 14.6 Å². The third-order valence-electron chi connectivity index (χ3n) is 6.15. The Bertz CT molecular complexity index is 1650. The number of rotatable bonds is 9. The molecule has 5 nitrogen and oxygen atoms in total. The molecular weight excluding hydrogens is 564 g/mol. The second-order valence-corrected chi connectivity index (χ2v) is 9.84. The van der Waals surface area contributed by atoms with Gasteiger partial charge in [-0.1, -0.05) is 88.7 Å². The predicted octanol–water partition coefficient (Wildman–Crippen LogP) is 8.66. The highest BCUT2D eigenvalue weighted by molar-refractivity contribution is 9.10. The van der Waals surface area contributed by atoms with Gasteiger partial charge in [0.2, 0.25) is 0 Å². The van der Waals surface area contributed by atoms with Gasteiger partial charge in [-0.2, -0.15) is 0 Å². The van der Waals surface area contributed by atoms with E-state index >= 15 is 0 Å². The maximum atomic E-state index is 10.7. The van der Waals surface area contributed by atoms with E-state index in [1.807, 2.05) is 109 Å². The van der Waals surface area contributed by atoms with Crippen molar-refractivity contribution in [1.29, 1.82) is 0 Å². The Kier molecular flexibility index (Phi) is 8.69. The maximum Gasteiger partial charge on any atom is 0.161 e. The molecule has 0 amide bonds. The zero-order chi connectivity index (χ0) is 27.7. The average Bonchev–Trinajstić information content (AvgIpc) is 3.00. The maximum absolute atomic E-state index is 10.7. The first-order valence-electron chi connectivity index (χ1n) is 12.7. The Balaban J connectivity index is 1.45. The molecule has 40 heavy (non-hydrogen) atoms. The molecule has 0 spiro atoms. The summed E-state index contributed by atoms with van der Waals surface area (Å²) in [5.41, 5.74) is 5.44. The fraction of sp³-hybridized carbons (Fsp3) is 0.0588. The molecule has 0 fully saturated rings. The van der Waals surface area contributed by atoms with Gasteiger partial charge in [0.25, 0.3) is 0 Å². The van der Waals surface area contributed by atoms with Gasteiger partial charge in [-0.15, -0.1) is 0 Å². The minimum Gasteiger partial charge on any atom is -0.507 e. The number of nitrogens with zero attached hydrogens (tertiary/aromatic N) is 2. The van der Waals surface area contributed by atoms with E-state index in [1.165, 1.54) is 0 Å². The molecule has 1 N–H and O–H groups in total. The number of hydrogen-bond donors (Lipinski definition) is 1. The number of ether oxygens (including phenoxy) is 2. The van der Waals surface area contributed by atoms with Crippen molar-refractivity contribution in [3.63, 3.8) is 0 Å². The van der Waals surface area contributed by atoms with Crippen LogP contribution in [0.4, 0.5) is 11.4 Å². The average molecular weight is 592 g/mol. The van der Waals surface area contributed by atoms with E-state index in [1.54, 1.807) is 25.5 Å². The molecule has 0 unspecified atom stereocenters. The number of aromatic hydroxyl groups is 1. The summed E-state index contributed by atoms with van der Waals surface area (Å²) in [6.45, 7) is 0.452. The number of benzene rings is 5. The summed E-state index contributed by atoms with van der Waals surface area (Å²) in [6.07, 6.45) is 1.77. The quantitative estimate of drug-likeness (QED) is 0.175. The SMILES string of the molecule is COc1cc(C=Nc2ccccc2N=C(c2ccccc2)c2cc(Br)ccc2O)ccc1OCc1ccccc1. The Hall–Kier alpha value is -4.68. The normalized spacial score (nSPS) is 11.5. The van der Waals surface area contributed by atoms with Crippen LogP contribution in [0.3, 0.4) is 0 Å². The van der Waals surface area contributed by atoms with E-state index in [2.05, 4.69) is 15.9 Å². The Morgan fingerprint density at radius 2 is 1.48 bits per heavy atom. The lowest BCUT2D eigenvalue weighted by Crippen LogP contribution is -2.03. The van der Waals surface area contributed by atoms with Crippen LogP contribution in [0.15, 0.2) is 136 Å². The smallest absolute Gasteiger partial charge is 0.161 e. The van der Waals surface area contributed by atoms with Gasteiger partial charge in [-0.25, -0.2) is 4.99 Å². The molecule has 0 aromatic heterocycles. The Labute approximate surface area is 242 Å². The lowest BCUT2D eigenvalue weighted by Gasteiger charge is -2.12. The van der Waals surface area contributed by atoms with Crippen LogP contribution in [0.1, 0.15) is 22.3 Å². The van der Waals surface area contributed by atoms with E-state index < -0.39 is 0 Å². The summed E-state index contributed by atoms with van der Waals surface area (Å²) in [4.78, 5) is 9.75. The molecule has 5 aromatic rings. The molecule has 5 aromatic carbocycles. The van der Waals surface area contributed by atoms with Gasteiger partial charge in [-0.05, 0) is 59.7 Å². The van der Waals surface area contributed by atoms with Crippen molar-refractivity contribution in [2.45, 2.75) is 6.61 Å². The van der Waals surface area contributed by atoms with Crippen LogP contribution in [-0.4, -0.2) is 24.1 Å². The molecular formula is C34H27BrN2O3. The van der Waals surface area contributed by atoms with Gasteiger partial charge in [0.15, 0.2) is 11.5 Å². The topological polar surface area (TPSA) is 63.4 Å². The van der Waals surface area contributed by atoms with Crippen molar-refractivity contribution in [2.75, 3.05) is 7.11 Å². The highest BCUT2D eigenvalue weighted by Crippen LogP contribution is 2.33. The largest absolute Gasteiger partial charge is 0.507 e. The van der Waals surface area contributed by atoms with Crippen molar-refractivity contribution in [1.82, 2.24) is 0 Å². The fourth-order valence-electron chi connectivity index (χ4n) is 4.13. The Morgan fingerprint density at radius 3 is 2.23 bits per heavy atom. The van der Waals surface area contributed by atoms with E-state index in [0.717, 1.165) is 21.2 Å². The molecule has 0 saturated heterocycles. The van der Waals surface area contributed by atoms with Crippen LogP contribution >= 0.6 is 15.9 Å². The van der Waals surface area contributed by atoms with Crippen LogP contribution in [-0.2, 0) is 6.61 Å². The van der Waals surface area contributed by atoms with E-state index in [-0.39, 0.29) is 5.75 Å². The van der Waals surface area contributed by atoms with Crippen molar-refractivity contribution in [2.24, 2.45) is 9.98 Å². The van der Waals surface area contributed by atoms with Gasteiger partial charge >= 0.3 is 0 Å². The first kappa shape index (κ1) is 26.9. The highest BCUT2D eigenvalue weighted by Gasteiger charge is 2.14. The van der Waals surface area contributed by atoms with Crippen molar-refractivity contribution in [3.8, 4) is 17.2 Å². The van der Waals surface area contributed by atoms with Crippen LogP contribution in [0.5, 0.6) is 17.2 Å². The number of hydrogen-bond acceptors (Lipinski definition) is 5. The van der Waals surface area contributed by atoms with E-state index in [4.69, 9.17) is 19.5 Å². The molecule has 0 heterocycles. The van der Waals surface area contributed by atoms with Crippen molar-refractivity contribution >= 4 is 39.2 Å². The standard InChI is InChI=1S/C34H27BrN2O3/c1-39-33-20-25(16-19-32(33)40-23-24-10-4-2-5-11-24)22-36-29-14-8-9-15-30(29)37-34(26-12-6-3-7-13-26)28-21-27(35)17-18-31(28)38/h2-22,38H,23H2,1H3. The minimum absolute atomic E-state index is 0.147. The third kappa shape index (κ3) is 6.65. The van der Waals surface area contributed by atoms with Crippen LogP contribution in [0, 0.1) is 0 Å². The zero-order valence-electron chi connectivity index (χ0n) is 21.9. The highest BCUT2D eigenvalue weighted by atomic mass is 79.9. The van der Waals surface area contributed by atoms with Gasteiger partial charge in [0.05, 0.1) is 24.2 Å². The summed E-state index contributed by atoms with van der Waals surface area (Å²) in [5.74, 6) is 1.44. The molecule has 0 bridgehead atoms. The lowest BCUT2D eigenvalue weighted by atomic mass is 10.0. The summed E-state index contributed by atoms with van der Waals surface area (Å²) in [7, 11) is 1.62. The van der Waals surface area contributed by atoms with Crippen molar-refractivity contribution in [3.05, 3.63) is 148 Å². The van der Waals surface area contributed by atoms with E-state index in [0.29, 0.717) is 40.8 Å². The lowest BCUT2D eigenvalue weighted by molar-refractivity contribution is 0.284. The van der Waals surface area contributed by atoms with Crippen LogP contribution in [0.2, 0.25) is 0 Å². The molecule has 0 aliphatic rings. The molecule has 6 heteroatoms. The second-order valence-electron chi connectivity index (χ2n) is 8.92. The fourth-order valence-corrected chi connectivity index (χ4v) is 4.49. The molecule has 0 atom stereocenters. The summed E-state index contributed by atoms with van der Waals surface area (Å²) >= 11 is 3.52. The summed E-state index contributed by atoms with van der Waals surface area (Å²) < 4.78 is 12.4. The minimum atomic E-state index is 0.147. The molecule has 0 radical (unpaired) electrons. The molecule has 198 valence electrons. The Morgan fingerprint density at radius 1 is 0.775 bits per heavy atom. The number of para-hydroxylation sites is 2. The first-order chi connectivity index (χ1) is 19.6. The van der Waals surface area contributed by atoms with Crippen LogP contribution < -0.4 is 9.47 Å². The van der Waals surface area contributed by atoms with Gasteiger partial charge in [0.1, 0.15) is 12.4 Å². The molecule has 5 rings (SSSR count). The van der Waals surface area contributed by atoms with Crippen LogP contribution in [0.25, 0.3) is 0 Å². The van der Waals surface area contributed by atoms with Gasteiger partial charge in [0, 0.05) is 21.8 Å². The number of halogens is 1. The predicted molar refractivity (Wildman–Crippen MR) is 165 cm³/mol. The summed E-state index contributed by atoms with van der Waals surface area (Å²) in [6, 6.07) is 38.5. The van der Waals surface area contributed by atoms with Crippen molar-refractivity contribution < 1.29 is 14.6 Å². The first-order valence-corrected chi connectivity index (χ1v) is 13.5. The van der Waals surface area contributed by atoms with Gasteiger partial charge in [-0.3, -0.25) is 4.99 Å². The molecule has 0 saturated carbocycles.